The maximum Gasteiger partial charge on any atom is 0.261 e. The van der Waals surface area contributed by atoms with Crippen molar-refractivity contribution in [3.05, 3.63) is 65.0 Å². The molecule has 6 heteroatoms. The summed E-state index contributed by atoms with van der Waals surface area (Å²) >= 11 is 0. The van der Waals surface area contributed by atoms with E-state index < -0.39 is 6.10 Å². The molecular formula is C25H29FN2O3. The molecule has 0 spiro atoms. The van der Waals surface area contributed by atoms with Crippen molar-refractivity contribution in [2.45, 2.75) is 64.1 Å². The summed E-state index contributed by atoms with van der Waals surface area (Å²) in [5, 5.41) is 3.00. The molecule has 1 saturated carbocycles. The largest absolute Gasteiger partial charge is 0.481 e. The van der Waals surface area contributed by atoms with Crippen molar-refractivity contribution >= 4 is 11.8 Å². The summed E-state index contributed by atoms with van der Waals surface area (Å²) in [5.74, 6) is 0.195. The number of halogens is 1. The van der Waals surface area contributed by atoms with Crippen LogP contribution in [0.15, 0.2) is 42.5 Å². The number of rotatable bonds is 7. The third-order valence-corrected chi connectivity index (χ3v) is 6.00. The molecule has 2 aromatic rings. The van der Waals surface area contributed by atoms with Crippen LogP contribution in [0.25, 0.3) is 0 Å². The first-order chi connectivity index (χ1) is 15.0. The molecule has 1 N–H and O–H groups in total. The summed E-state index contributed by atoms with van der Waals surface area (Å²) in [7, 11) is 0. The van der Waals surface area contributed by atoms with Crippen LogP contribution in [-0.2, 0) is 16.0 Å². The molecular weight excluding hydrogens is 395 g/mol. The average Bonchev–Trinajstić information content (AvgIpc) is 3.59. The van der Waals surface area contributed by atoms with Crippen LogP contribution in [0.1, 0.15) is 62.3 Å². The minimum atomic E-state index is -0.566. The third kappa shape index (κ3) is 4.73. The quantitative estimate of drug-likeness (QED) is 0.727. The van der Waals surface area contributed by atoms with Gasteiger partial charge in [-0.15, -0.1) is 0 Å². The van der Waals surface area contributed by atoms with Gasteiger partial charge in [-0.2, -0.15) is 0 Å². The van der Waals surface area contributed by atoms with Gasteiger partial charge in [0.15, 0.2) is 6.10 Å². The molecule has 2 amide bonds. The number of fused-ring (bicyclic) bond motifs is 1. The molecule has 0 aromatic heterocycles. The minimum Gasteiger partial charge on any atom is -0.481 e. The van der Waals surface area contributed by atoms with Crippen LogP contribution < -0.4 is 10.1 Å². The zero-order valence-electron chi connectivity index (χ0n) is 18.1. The molecule has 2 aliphatic rings. The average molecular weight is 425 g/mol. The Morgan fingerprint density at radius 3 is 2.68 bits per heavy atom. The molecule has 2 atom stereocenters. The molecule has 1 fully saturated rings. The summed E-state index contributed by atoms with van der Waals surface area (Å²) in [5.41, 5.74) is 2.77. The highest BCUT2D eigenvalue weighted by atomic mass is 19.1. The molecule has 5 nitrogen and oxygen atoms in total. The topological polar surface area (TPSA) is 58.6 Å². The van der Waals surface area contributed by atoms with E-state index in [1.807, 2.05) is 43.0 Å². The molecule has 164 valence electrons. The number of hydrogen-bond acceptors (Lipinski definition) is 3. The number of nitrogens with zero attached hydrogens (tertiary/aromatic N) is 1. The standard InChI is InChI=1S/C25H29FN2O3/c1-3-22(25(30)27-19-9-10-19)31-20-11-8-16-12-13-28(23(29)4-2)24(21(16)15-20)17-6-5-7-18(26)14-17/h5-8,11,14-15,19,22,24H,3-4,9-10,12-13H2,1-2H3,(H,27,30)/t22-,24+/m0/s1. The first-order valence-corrected chi connectivity index (χ1v) is 11.1. The normalized spacial score (nSPS) is 18.8. The fourth-order valence-corrected chi connectivity index (χ4v) is 4.18. The Kier molecular flexibility index (Phi) is 6.25. The molecule has 1 heterocycles. The predicted molar refractivity (Wildman–Crippen MR) is 116 cm³/mol. The van der Waals surface area contributed by atoms with Gasteiger partial charge >= 0.3 is 0 Å². The van der Waals surface area contributed by atoms with E-state index in [1.165, 1.54) is 12.1 Å². The first-order valence-electron chi connectivity index (χ1n) is 11.1. The molecule has 4 rings (SSSR count). The summed E-state index contributed by atoms with van der Waals surface area (Å²) in [6.07, 6.45) is 3.16. The zero-order chi connectivity index (χ0) is 22.0. The Morgan fingerprint density at radius 2 is 2.00 bits per heavy atom. The van der Waals surface area contributed by atoms with Crippen molar-refractivity contribution in [3.63, 3.8) is 0 Å². The van der Waals surface area contributed by atoms with Gasteiger partial charge in [-0.1, -0.05) is 32.0 Å². The second-order valence-corrected chi connectivity index (χ2v) is 8.31. The van der Waals surface area contributed by atoms with Crippen LogP contribution in [-0.4, -0.2) is 35.4 Å². The van der Waals surface area contributed by atoms with E-state index in [2.05, 4.69) is 5.32 Å². The smallest absolute Gasteiger partial charge is 0.261 e. The highest BCUT2D eigenvalue weighted by Crippen LogP contribution is 2.38. The number of hydrogen-bond donors (Lipinski definition) is 1. The maximum absolute atomic E-state index is 14.0. The van der Waals surface area contributed by atoms with Crippen molar-refractivity contribution in [2.75, 3.05) is 6.54 Å². The lowest BCUT2D eigenvalue weighted by atomic mass is 9.87. The van der Waals surface area contributed by atoms with E-state index >= 15 is 0 Å². The molecule has 0 saturated heterocycles. The van der Waals surface area contributed by atoms with Gasteiger partial charge in [0.05, 0.1) is 6.04 Å². The SMILES string of the molecule is CCC(=O)N1CCc2ccc(O[C@@H](CC)C(=O)NC3CC3)cc2[C@H]1c1cccc(F)c1. The summed E-state index contributed by atoms with van der Waals surface area (Å²) < 4.78 is 20.1. The molecule has 1 aliphatic carbocycles. The van der Waals surface area contributed by atoms with E-state index in [0.717, 1.165) is 36.0 Å². The van der Waals surface area contributed by atoms with Gasteiger partial charge in [-0.3, -0.25) is 9.59 Å². The Bertz CT molecular complexity index is 973. The van der Waals surface area contributed by atoms with Gasteiger partial charge < -0.3 is 15.0 Å². The number of amides is 2. The molecule has 31 heavy (non-hydrogen) atoms. The number of carbonyl (C=O) groups is 2. The second-order valence-electron chi connectivity index (χ2n) is 8.31. The summed E-state index contributed by atoms with van der Waals surface area (Å²) in [6, 6.07) is 12.1. The van der Waals surface area contributed by atoms with Crippen LogP contribution in [0.5, 0.6) is 5.75 Å². The fourth-order valence-electron chi connectivity index (χ4n) is 4.18. The first kappa shape index (κ1) is 21.3. The van der Waals surface area contributed by atoms with Crippen molar-refractivity contribution in [1.29, 1.82) is 0 Å². The van der Waals surface area contributed by atoms with Crippen LogP contribution in [0.4, 0.5) is 4.39 Å². The highest BCUT2D eigenvalue weighted by molar-refractivity contribution is 5.81. The lowest BCUT2D eigenvalue weighted by molar-refractivity contribution is -0.133. The van der Waals surface area contributed by atoms with Gasteiger partial charge in [0.2, 0.25) is 5.91 Å². The molecule has 1 aliphatic heterocycles. The number of carbonyl (C=O) groups excluding carboxylic acids is 2. The highest BCUT2D eigenvalue weighted by Gasteiger charge is 2.33. The van der Waals surface area contributed by atoms with Crippen molar-refractivity contribution in [2.24, 2.45) is 0 Å². The van der Waals surface area contributed by atoms with Gasteiger partial charge in [-0.05, 0) is 66.6 Å². The van der Waals surface area contributed by atoms with Gasteiger partial charge in [0, 0.05) is 19.0 Å². The third-order valence-electron chi connectivity index (χ3n) is 6.00. The number of benzene rings is 2. The molecule has 0 radical (unpaired) electrons. The van der Waals surface area contributed by atoms with E-state index in [0.29, 0.717) is 25.1 Å². The fraction of sp³-hybridized carbons (Fsp3) is 0.440. The Morgan fingerprint density at radius 1 is 1.19 bits per heavy atom. The monoisotopic (exact) mass is 424 g/mol. The molecule has 0 unspecified atom stereocenters. The van der Waals surface area contributed by atoms with Crippen molar-refractivity contribution in [3.8, 4) is 5.75 Å². The number of nitrogens with one attached hydrogen (secondary N) is 1. The van der Waals surface area contributed by atoms with Crippen molar-refractivity contribution < 1.29 is 18.7 Å². The Balaban J connectivity index is 1.67. The van der Waals surface area contributed by atoms with E-state index in [9.17, 15) is 14.0 Å². The Labute approximate surface area is 182 Å². The van der Waals surface area contributed by atoms with Crippen LogP contribution >= 0.6 is 0 Å². The van der Waals surface area contributed by atoms with Gasteiger partial charge in [-0.25, -0.2) is 4.39 Å². The molecule has 2 aromatic carbocycles. The van der Waals surface area contributed by atoms with E-state index in [4.69, 9.17) is 4.74 Å². The van der Waals surface area contributed by atoms with Crippen LogP contribution in [0, 0.1) is 5.82 Å². The van der Waals surface area contributed by atoms with Crippen LogP contribution in [0.3, 0.4) is 0 Å². The molecule has 0 bridgehead atoms. The van der Waals surface area contributed by atoms with Crippen LogP contribution in [0.2, 0.25) is 0 Å². The zero-order valence-corrected chi connectivity index (χ0v) is 18.1. The minimum absolute atomic E-state index is 0.0291. The van der Waals surface area contributed by atoms with Gasteiger partial charge in [0.1, 0.15) is 11.6 Å². The predicted octanol–water partition coefficient (Wildman–Crippen LogP) is 4.15. The Hall–Kier alpha value is -2.89. The van der Waals surface area contributed by atoms with E-state index in [-0.39, 0.29) is 29.7 Å². The van der Waals surface area contributed by atoms with E-state index in [1.54, 1.807) is 6.07 Å². The lowest BCUT2D eigenvalue weighted by Gasteiger charge is -2.38. The lowest BCUT2D eigenvalue weighted by Crippen LogP contribution is -2.40. The summed E-state index contributed by atoms with van der Waals surface area (Å²) in [4.78, 5) is 27.0. The summed E-state index contributed by atoms with van der Waals surface area (Å²) in [6.45, 7) is 4.35. The maximum atomic E-state index is 14.0. The van der Waals surface area contributed by atoms with Gasteiger partial charge in [0.25, 0.3) is 5.91 Å². The number of ether oxygens (including phenoxy) is 1. The second kappa shape index (κ2) is 9.08. The van der Waals surface area contributed by atoms with Crippen molar-refractivity contribution in [1.82, 2.24) is 10.2 Å².